The van der Waals surface area contributed by atoms with Crippen LogP contribution in [-0.4, -0.2) is 27.3 Å². The first kappa shape index (κ1) is 19.9. The molecule has 0 radical (unpaired) electrons. The van der Waals surface area contributed by atoms with Crippen LogP contribution in [0.5, 0.6) is 0 Å². The van der Waals surface area contributed by atoms with Crippen LogP contribution in [0.2, 0.25) is 0 Å². The summed E-state index contributed by atoms with van der Waals surface area (Å²) in [5.41, 5.74) is 10.1. The number of aryl methyl sites for hydroxylation is 1. The number of benzene rings is 3. The highest BCUT2D eigenvalue weighted by Gasteiger charge is 2.43. The number of para-hydroxylation sites is 2. The maximum atomic E-state index is 13.5. The molecule has 32 heavy (non-hydrogen) atoms. The number of carbonyl (C=O) groups excluding carboxylic acids is 2. The molecule has 0 fully saturated rings. The monoisotopic (exact) mass is 424 g/mol. The Kier molecular flexibility index (Phi) is 4.90. The van der Waals surface area contributed by atoms with Gasteiger partial charge in [0.15, 0.2) is 0 Å². The molecular formula is C26H24N4O2. The number of nitrogens with one attached hydrogen (secondary N) is 2. The number of hydrogen-bond donors (Lipinski definition) is 2. The molecule has 2 heterocycles. The van der Waals surface area contributed by atoms with Gasteiger partial charge < -0.3 is 9.47 Å². The normalized spacial score (nSPS) is 16.1. The fourth-order valence-electron chi connectivity index (χ4n) is 4.53. The van der Waals surface area contributed by atoms with Crippen LogP contribution < -0.4 is 10.9 Å². The van der Waals surface area contributed by atoms with Crippen molar-refractivity contribution in [2.75, 3.05) is 5.43 Å². The van der Waals surface area contributed by atoms with Gasteiger partial charge >= 0.3 is 0 Å². The number of hydrogen-bond acceptors (Lipinski definition) is 3. The lowest BCUT2D eigenvalue weighted by Crippen LogP contribution is -2.48. The third-order valence-corrected chi connectivity index (χ3v) is 6.12. The topological polar surface area (TPSA) is 66.4 Å². The molecule has 160 valence electrons. The minimum Gasteiger partial charge on any atom is -0.350 e. The number of carbonyl (C=O) groups is 2. The third-order valence-electron chi connectivity index (χ3n) is 6.12. The van der Waals surface area contributed by atoms with Crippen LogP contribution in [0.25, 0.3) is 10.9 Å². The molecule has 0 spiro atoms. The van der Waals surface area contributed by atoms with Gasteiger partial charge in [-0.15, -0.1) is 0 Å². The summed E-state index contributed by atoms with van der Waals surface area (Å²) in [4.78, 5) is 28.2. The first-order valence-electron chi connectivity index (χ1n) is 10.6. The predicted molar refractivity (Wildman–Crippen MR) is 125 cm³/mol. The van der Waals surface area contributed by atoms with Gasteiger partial charge in [0.1, 0.15) is 6.04 Å². The van der Waals surface area contributed by atoms with Crippen molar-refractivity contribution >= 4 is 28.4 Å². The van der Waals surface area contributed by atoms with E-state index in [2.05, 4.69) is 33.7 Å². The highest BCUT2D eigenvalue weighted by Crippen LogP contribution is 2.42. The van der Waals surface area contributed by atoms with E-state index in [4.69, 9.17) is 0 Å². The predicted octanol–water partition coefficient (Wildman–Crippen LogP) is 4.26. The number of anilines is 1. The summed E-state index contributed by atoms with van der Waals surface area (Å²) < 4.78 is 2.07. The van der Waals surface area contributed by atoms with Crippen LogP contribution in [-0.2, 0) is 11.8 Å². The van der Waals surface area contributed by atoms with Crippen LogP contribution >= 0.6 is 0 Å². The van der Waals surface area contributed by atoms with Crippen LogP contribution in [0, 0.1) is 0 Å². The van der Waals surface area contributed by atoms with E-state index in [1.807, 2.05) is 73.8 Å². The molecule has 4 aromatic rings. The van der Waals surface area contributed by atoms with Crippen molar-refractivity contribution in [2.24, 2.45) is 7.05 Å². The lowest BCUT2D eigenvalue weighted by atomic mass is 9.97. The summed E-state index contributed by atoms with van der Waals surface area (Å²) >= 11 is 0. The van der Waals surface area contributed by atoms with Gasteiger partial charge in [-0.3, -0.25) is 20.4 Å². The number of nitrogens with zero attached hydrogens (tertiary/aromatic N) is 2. The molecule has 1 aliphatic rings. The minimum absolute atomic E-state index is 0.138. The van der Waals surface area contributed by atoms with Crippen LogP contribution in [0.4, 0.5) is 5.69 Å². The summed E-state index contributed by atoms with van der Waals surface area (Å²) in [6, 6.07) is 24.1. The summed E-state index contributed by atoms with van der Waals surface area (Å²) in [7, 11) is 2.00. The maximum absolute atomic E-state index is 13.5. The molecule has 2 atom stereocenters. The smallest absolute Gasteiger partial charge is 0.260 e. The Morgan fingerprint density at radius 1 is 0.906 bits per heavy atom. The van der Waals surface area contributed by atoms with Gasteiger partial charge in [-0.1, -0.05) is 54.6 Å². The Labute approximate surface area is 186 Å². The number of aromatic nitrogens is 1. The second-order valence-corrected chi connectivity index (χ2v) is 8.07. The van der Waals surface area contributed by atoms with E-state index in [0.717, 1.165) is 27.7 Å². The SMILES string of the molecule is CC(C(=O)NNc1ccccc1)N1C(=O)c2ccccc2C1c1cn(C)c2ccccc12. The lowest BCUT2D eigenvalue weighted by Gasteiger charge is -2.30. The van der Waals surface area contributed by atoms with Crippen molar-refractivity contribution < 1.29 is 9.59 Å². The number of amides is 2. The highest BCUT2D eigenvalue weighted by atomic mass is 16.2. The Morgan fingerprint density at radius 3 is 2.41 bits per heavy atom. The van der Waals surface area contributed by atoms with E-state index in [0.29, 0.717) is 5.56 Å². The lowest BCUT2D eigenvalue weighted by molar-refractivity contribution is -0.125. The zero-order chi connectivity index (χ0) is 22.2. The second kappa shape index (κ2) is 7.89. The van der Waals surface area contributed by atoms with Crippen molar-refractivity contribution in [3.05, 3.63) is 102 Å². The molecule has 0 saturated carbocycles. The standard InChI is InChI=1S/C26H24N4O2/c1-17(25(31)28-27-18-10-4-3-5-11-18)30-24(20-13-6-7-14-21(20)26(30)32)22-16-29(2)23-15-9-8-12-19(22)23/h3-17,24,27H,1-2H3,(H,28,31). The molecule has 3 aromatic carbocycles. The van der Waals surface area contributed by atoms with E-state index < -0.39 is 6.04 Å². The largest absolute Gasteiger partial charge is 0.350 e. The van der Waals surface area contributed by atoms with E-state index >= 15 is 0 Å². The first-order valence-corrected chi connectivity index (χ1v) is 10.6. The Morgan fingerprint density at radius 2 is 1.59 bits per heavy atom. The molecule has 6 nitrogen and oxygen atoms in total. The van der Waals surface area contributed by atoms with Gasteiger partial charge in [0.25, 0.3) is 11.8 Å². The van der Waals surface area contributed by atoms with E-state index in [1.54, 1.807) is 11.8 Å². The quantitative estimate of drug-likeness (QED) is 0.471. The zero-order valence-electron chi connectivity index (χ0n) is 17.9. The molecule has 5 rings (SSSR count). The number of fused-ring (bicyclic) bond motifs is 2. The van der Waals surface area contributed by atoms with Crippen molar-refractivity contribution in [3.63, 3.8) is 0 Å². The molecule has 2 unspecified atom stereocenters. The fourth-order valence-corrected chi connectivity index (χ4v) is 4.53. The maximum Gasteiger partial charge on any atom is 0.260 e. The average molecular weight is 425 g/mol. The van der Waals surface area contributed by atoms with Gasteiger partial charge in [0.2, 0.25) is 0 Å². The summed E-state index contributed by atoms with van der Waals surface area (Å²) in [5, 5.41) is 1.07. The van der Waals surface area contributed by atoms with Gasteiger partial charge in [-0.2, -0.15) is 0 Å². The summed E-state index contributed by atoms with van der Waals surface area (Å²) in [6.45, 7) is 1.77. The van der Waals surface area contributed by atoms with E-state index in [1.165, 1.54) is 0 Å². The number of hydrazine groups is 1. The van der Waals surface area contributed by atoms with E-state index in [9.17, 15) is 9.59 Å². The Hall–Kier alpha value is -4.06. The van der Waals surface area contributed by atoms with Crippen LogP contribution in [0.15, 0.2) is 85.1 Å². The molecule has 1 aromatic heterocycles. The van der Waals surface area contributed by atoms with Crippen molar-refractivity contribution in [1.29, 1.82) is 0 Å². The molecule has 2 N–H and O–H groups in total. The van der Waals surface area contributed by atoms with E-state index in [-0.39, 0.29) is 17.9 Å². The molecule has 6 heteroatoms. The molecule has 0 saturated heterocycles. The average Bonchev–Trinajstić information content (AvgIpc) is 3.32. The summed E-state index contributed by atoms with van der Waals surface area (Å²) in [5.74, 6) is -0.416. The third kappa shape index (κ3) is 3.21. The molecule has 0 bridgehead atoms. The van der Waals surface area contributed by atoms with Crippen molar-refractivity contribution in [3.8, 4) is 0 Å². The second-order valence-electron chi connectivity index (χ2n) is 8.07. The van der Waals surface area contributed by atoms with Crippen molar-refractivity contribution in [2.45, 2.75) is 19.0 Å². The first-order chi connectivity index (χ1) is 15.6. The van der Waals surface area contributed by atoms with Gasteiger partial charge in [-0.05, 0) is 36.8 Å². The van der Waals surface area contributed by atoms with Gasteiger partial charge in [0.05, 0.1) is 11.7 Å². The Balaban J connectivity index is 1.53. The molecular weight excluding hydrogens is 400 g/mol. The molecule has 1 aliphatic heterocycles. The molecule has 2 amide bonds. The Bertz CT molecular complexity index is 1310. The molecule has 0 aliphatic carbocycles. The summed E-state index contributed by atoms with van der Waals surface area (Å²) in [6.07, 6.45) is 2.06. The zero-order valence-corrected chi connectivity index (χ0v) is 17.9. The minimum atomic E-state index is -0.685. The highest BCUT2D eigenvalue weighted by molar-refractivity contribution is 6.03. The van der Waals surface area contributed by atoms with Crippen LogP contribution in [0.1, 0.15) is 34.5 Å². The van der Waals surface area contributed by atoms with Gasteiger partial charge in [0, 0.05) is 35.3 Å². The van der Waals surface area contributed by atoms with Crippen molar-refractivity contribution in [1.82, 2.24) is 14.9 Å². The van der Waals surface area contributed by atoms with Gasteiger partial charge in [-0.25, -0.2) is 0 Å². The fraction of sp³-hybridized carbons (Fsp3) is 0.154. The van der Waals surface area contributed by atoms with Crippen LogP contribution in [0.3, 0.4) is 0 Å². The number of rotatable bonds is 5.